The van der Waals surface area contributed by atoms with Crippen molar-refractivity contribution in [2.45, 2.75) is 38.1 Å². The highest BCUT2D eigenvalue weighted by molar-refractivity contribution is 7.87. The number of hydrogen-bond acceptors (Lipinski definition) is 3. The first-order valence-corrected chi connectivity index (χ1v) is 6.43. The van der Waals surface area contributed by atoms with Crippen LogP contribution in [0.5, 0.6) is 0 Å². The maximum atomic E-state index is 11.0. The lowest BCUT2D eigenvalue weighted by Crippen LogP contribution is -2.56. The Morgan fingerprint density at radius 3 is 2.29 bits per heavy atom. The van der Waals surface area contributed by atoms with Crippen molar-refractivity contribution in [1.29, 1.82) is 0 Å². The van der Waals surface area contributed by atoms with Crippen LogP contribution in [-0.2, 0) is 10.2 Å². The molecule has 1 saturated carbocycles. The van der Waals surface area contributed by atoms with E-state index in [1.54, 1.807) is 0 Å². The Kier molecular flexibility index (Phi) is 3.52. The molecule has 0 saturated heterocycles. The Bertz CT molecular complexity index is 281. The van der Waals surface area contributed by atoms with E-state index in [1.165, 1.54) is 0 Å². The Labute approximate surface area is 85.4 Å². The molecule has 0 radical (unpaired) electrons. The second-order valence-electron chi connectivity index (χ2n) is 4.31. The van der Waals surface area contributed by atoms with Gasteiger partial charge in [-0.1, -0.05) is 6.92 Å². The minimum absolute atomic E-state index is 0.316. The average Bonchev–Trinajstić information content (AvgIpc) is 2.07. The molecule has 1 rings (SSSR count). The van der Waals surface area contributed by atoms with Crippen molar-refractivity contribution in [3.8, 4) is 0 Å². The van der Waals surface area contributed by atoms with Crippen molar-refractivity contribution in [3.63, 3.8) is 0 Å². The molecule has 0 amide bonds. The predicted octanol–water partition coefficient (Wildman–Crippen LogP) is -0.313. The van der Waals surface area contributed by atoms with Crippen LogP contribution in [0.2, 0.25) is 0 Å². The third kappa shape index (κ3) is 3.20. The summed E-state index contributed by atoms with van der Waals surface area (Å²) >= 11 is 0. The molecule has 0 aliphatic heterocycles. The molecule has 0 aromatic heterocycles. The van der Waals surface area contributed by atoms with Gasteiger partial charge in [-0.05, 0) is 31.6 Å². The molecule has 5 nitrogen and oxygen atoms in total. The fourth-order valence-electron chi connectivity index (χ4n) is 1.96. The van der Waals surface area contributed by atoms with E-state index in [-0.39, 0.29) is 0 Å². The van der Waals surface area contributed by atoms with Gasteiger partial charge in [0.1, 0.15) is 0 Å². The van der Waals surface area contributed by atoms with Gasteiger partial charge >= 0.3 is 0 Å². The van der Waals surface area contributed by atoms with Crippen molar-refractivity contribution in [2.24, 2.45) is 16.8 Å². The Hall–Kier alpha value is -0.170. The SMILES string of the molecule is CC1CCC(CN)(NS(N)(=O)=O)CC1. The van der Waals surface area contributed by atoms with E-state index < -0.39 is 15.7 Å². The van der Waals surface area contributed by atoms with Crippen LogP contribution in [0.3, 0.4) is 0 Å². The number of rotatable bonds is 3. The van der Waals surface area contributed by atoms with E-state index in [0.29, 0.717) is 12.5 Å². The molecule has 1 aliphatic rings. The molecular formula is C8H19N3O2S. The van der Waals surface area contributed by atoms with Gasteiger partial charge in [0.05, 0.1) is 0 Å². The van der Waals surface area contributed by atoms with E-state index in [2.05, 4.69) is 11.6 Å². The lowest BCUT2D eigenvalue weighted by atomic mass is 9.78. The average molecular weight is 221 g/mol. The Balaban J connectivity index is 2.68. The third-order valence-corrected chi connectivity index (χ3v) is 3.70. The smallest absolute Gasteiger partial charge is 0.274 e. The molecule has 0 bridgehead atoms. The van der Waals surface area contributed by atoms with Gasteiger partial charge in [-0.2, -0.15) is 13.1 Å². The van der Waals surface area contributed by atoms with E-state index in [0.717, 1.165) is 25.7 Å². The van der Waals surface area contributed by atoms with E-state index in [9.17, 15) is 8.42 Å². The predicted molar refractivity (Wildman–Crippen MR) is 55.7 cm³/mol. The maximum absolute atomic E-state index is 11.0. The van der Waals surface area contributed by atoms with Crippen molar-refractivity contribution in [1.82, 2.24) is 4.72 Å². The van der Waals surface area contributed by atoms with Gasteiger partial charge in [-0.25, -0.2) is 5.14 Å². The Morgan fingerprint density at radius 1 is 1.43 bits per heavy atom. The highest BCUT2D eigenvalue weighted by Crippen LogP contribution is 2.31. The van der Waals surface area contributed by atoms with Gasteiger partial charge in [0, 0.05) is 12.1 Å². The molecule has 14 heavy (non-hydrogen) atoms. The van der Waals surface area contributed by atoms with Gasteiger partial charge in [-0.15, -0.1) is 0 Å². The highest BCUT2D eigenvalue weighted by Gasteiger charge is 2.35. The minimum Gasteiger partial charge on any atom is -0.329 e. The second kappa shape index (κ2) is 4.14. The molecule has 0 heterocycles. The zero-order valence-electron chi connectivity index (χ0n) is 8.49. The lowest BCUT2D eigenvalue weighted by molar-refractivity contribution is 0.231. The summed E-state index contributed by atoms with van der Waals surface area (Å²) in [6.45, 7) is 2.48. The molecule has 84 valence electrons. The quantitative estimate of drug-likeness (QED) is 0.609. The molecule has 0 aromatic rings. The highest BCUT2D eigenvalue weighted by atomic mass is 32.2. The zero-order chi connectivity index (χ0) is 10.8. The normalized spacial score (nSPS) is 34.4. The molecule has 6 heteroatoms. The van der Waals surface area contributed by atoms with Crippen LogP contribution in [0.15, 0.2) is 0 Å². The summed E-state index contributed by atoms with van der Waals surface area (Å²) in [7, 11) is -3.64. The van der Waals surface area contributed by atoms with E-state index in [4.69, 9.17) is 10.9 Å². The molecule has 1 aliphatic carbocycles. The number of nitrogens with two attached hydrogens (primary N) is 2. The largest absolute Gasteiger partial charge is 0.329 e. The van der Waals surface area contributed by atoms with Crippen LogP contribution < -0.4 is 15.6 Å². The molecule has 0 aromatic carbocycles. The second-order valence-corrected chi connectivity index (χ2v) is 5.61. The molecule has 0 atom stereocenters. The molecular weight excluding hydrogens is 202 g/mol. The first kappa shape index (κ1) is 11.9. The fraction of sp³-hybridized carbons (Fsp3) is 1.00. The summed E-state index contributed by atoms with van der Waals surface area (Å²) in [6.07, 6.45) is 3.56. The number of nitrogens with one attached hydrogen (secondary N) is 1. The van der Waals surface area contributed by atoms with Crippen molar-refractivity contribution < 1.29 is 8.42 Å². The van der Waals surface area contributed by atoms with Gasteiger partial charge in [-0.3, -0.25) is 0 Å². The van der Waals surface area contributed by atoms with Gasteiger partial charge < -0.3 is 5.73 Å². The topological polar surface area (TPSA) is 98.2 Å². The van der Waals surface area contributed by atoms with Crippen LogP contribution in [-0.4, -0.2) is 20.5 Å². The Morgan fingerprint density at radius 2 is 1.93 bits per heavy atom. The summed E-state index contributed by atoms with van der Waals surface area (Å²) in [5.41, 5.74) is 5.11. The van der Waals surface area contributed by atoms with Gasteiger partial charge in [0.25, 0.3) is 10.2 Å². The van der Waals surface area contributed by atoms with E-state index >= 15 is 0 Å². The monoisotopic (exact) mass is 221 g/mol. The summed E-state index contributed by atoms with van der Waals surface area (Å²) < 4.78 is 24.4. The van der Waals surface area contributed by atoms with Crippen LogP contribution >= 0.6 is 0 Å². The summed E-state index contributed by atoms with van der Waals surface area (Å²) in [5, 5.41) is 4.97. The fourth-order valence-corrected chi connectivity index (χ4v) is 2.86. The van der Waals surface area contributed by atoms with Crippen LogP contribution in [0.1, 0.15) is 32.6 Å². The third-order valence-electron chi connectivity index (χ3n) is 2.98. The molecule has 0 unspecified atom stereocenters. The first-order valence-electron chi connectivity index (χ1n) is 4.89. The molecule has 1 fully saturated rings. The minimum atomic E-state index is -3.64. The molecule has 0 spiro atoms. The standard InChI is InChI=1S/C8H19N3O2S/c1-7-2-4-8(6-9,5-3-7)11-14(10,12)13/h7,11H,2-6,9H2,1H3,(H2,10,12,13). The zero-order valence-corrected chi connectivity index (χ0v) is 9.31. The van der Waals surface area contributed by atoms with Crippen molar-refractivity contribution in [3.05, 3.63) is 0 Å². The molecule has 5 N–H and O–H groups in total. The number of hydrogen-bond donors (Lipinski definition) is 3. The van der Waals surface area contributed by atoms with Gasteiger partial charge in [0.15, 0.2) is 0 Å². The first-order chi connectivity index (χ1) is 6.37. The van der Waals surface area contributed by atoms with Crippen LogP contribution in [0, 0.1) is 5.92 Å². The summed E-state index contributed by atoms with van der Waals surface area (Å²) in [5.74, 6) is 0.650. The van der Waals surface area contributed by atoms with Crippen molar-refractivity contribution >= 4 is 10.2 Å². The summed E-state index contributed by atoms with van der Waals surface area (Å²) in [6, 6.07) is 0. The van der Waals surface area contributed by atoms with Crippen LogP contribution in [0.25, 0.3) is 0 Å². The summed E-state index contributed by atoms with van der Waals surface area (Å²) in [4.78, 5) is 0. The maximum Gasteiger partial charge on any atom is 0.274 e. The van der Waals surface area contributed by atoms with Gasteiger partial charge in [0.2, 0.25) is 0 Å². The van der Waals surface area contributed by atoms with E-state index in [1.807, 2.05) is 0 Å². The van der Waals surface area contributed by atoms with Crippen LogP contribution in [0.4, 0.5) is 0 Å². The van der Waals surface area contributed by atoms with Crippen molar-refractivity contribution in [2.75, 3.05) is 6.54 Å². The lowest BCUT2D eigenvalue weighted by Gasteiger charge is -2.38.